The quantitative estimate of drug-likeness (QED) is 0.347. The maximum atomic E-state index is 12.2. The van der Waals surface area contributed by atoms with E-state index >= 15 is 0 Å². The summed E-state index contributed by atoms with van der Waals surface area (Å²) in [6.45, 7) is 2.30. The molecule has 0 saturated carbocycles. The van der Waals surface area contributed by atoms with E-state index < -0.39 is 0 Å². The zero-order valence-electron chi connectivity index (χ0n) is 16.8. The summed E-state index contributed by atoms with van der Waals surface area (Å²) in [6.07, 6.45) is 0.0781. The second kappa shape index (κ2) is 11.1. The van der Waals surface area contributed by atoms with Crippen LogP contribution in [-0.2, 0) is 34.4 Å². The number of anilines is 1. The minimum absolute atomic E-state index is 0.0781. The molecule has 0 spiro atoms. The number of carbonyl (C=O) groups is 2. The molecule has 3 rings (SSSR count). The number of hydrogen-bond acceptors (Lipinski definition) is 9. The Balaban J connectivity index is 1.46. The molecular formula is C19H20ClN5O4S2. The topological polar surface area (TPSA) is 108 Å². The van der Waals surface area contributed by atoms with Crippen molar-refractivity contribution in [3.63, 3.8) is 0 Å². The number of esters is 1. The number of amides is 1. The Morgan fingerprint density at radius 2 is 2.03 bits per heavy atom. The number of thiazole rings is 1. The van der Waals surface area contributed by atoms with Crippen LogP contribution in [0.25, 0.3) is 0 Å². The van der Waals surface area contributed by atoms with Gasteiger partial charge in [0.1, 0.15) is 12.4 Å². The third-order valence-electron chi connectivity index (χ3n) is 3.87. The summed E-state index contributed by atoms with van der Waals surface area (Å²) in [5.41, 5.74) is 0.560. The van der Waals surface area contributed by atoms with Crippen LogP contribution in [0.1, 0.15) is 18.4 Å². The molecule has 2 heterocycles. The smallest absolute Gasteiger partial charge is 0.311 e. The van der Waals surface area contributed by atoms with Crippen molar-refractivity contribution >= 4 is 51.7 Å². The van der Waals surface area contributed by atoms with E-state index in [-0.39, 0.29) is 30.7 Å². The molecular weight excluding hydrogens is 462 g/mol. The van der Waals surface area contributed by atoms with Gasteiger partial charge in [-0.1, -0.05) is 23.4 Å². The average Bonchev–Trinajstić information content (AvgIpc) is 3.32. The lowest BCUT2D eigenvalue weighted by Crippen LogP contribution is -2.15. The highest BCUT2D eigenvalue weighted by atomic mass is 35.5. The minimum Gasteiger partial charge on any atom is -0.486 e. The predicted molar refractivity (Wildman–Crippen MR) is 119 cm³/mol. The number of rotatable bonds is 10. The zero-order chi connectivity index (χ0) is 22.2. The van der Waals surface area contributed by atoms with Crippen molar-refractivity contribution in [2.75, 3.05) is 17.7 Å². The number of thioether (sulfide) groups is 1. The molecule has 0 atom stereocenters. The molecule has 0 radical (unpaired) electrons. The molecule has 1 N–H and O–H groups in total. The lowest BCUT2D eigenvalue weighted by molar-refractivity contribution is -0.142. The van der Waals surface area contributed by atoms with Crippen molar-refractivity contribution < 1.29 is 19.1 Å². The van der Waals surface area contributed by atoms with Gasteiger partial charge in [-0.2, -0.15) is 0 Å². The largest absolute Gasteiger partial charge is 0.486 e. The molecule has 31 heavy (non-hydrogen) atoms. The van der Waals surface area contributed by atoms with Gasteiger partial charge in [0, 0.05) is 17.5 Å². The maximum Gasteiger partial charge on any atom is 0.311 e. The summed E-state index contributed by atoms with van der Waals surface area (Å²) >= 11 is 8.37. The number of nitrogens with zero attached hydrogens (tertiary/aromatic N) is 4. The molecule has 0 aliphatic heterocycles. The Morgan fingerprint density at radius 3 is 2.77 bits per heavy atom. The molecule has 1 aromatic carbocycles. The highest BCUT2D eigenvalue weighted by Crippen LogP contribution is 2.20. The normalized spacial score (nSPS) is 10.7. The molecule has 0 fully saturated rings. The Kier molecular flexibility index (Phi) is 8.27. The van der Waals surface area contributed by atoms with Gasteiger partial charge < -0.3 is 19.4 Å². The SMILES string of the molecule is CCOC(=O)Cc1csc(NC(=O)CSc2nnc(COc3ccc(Cl)cc3)n2C)n1. The van der Waals surface area contributed by atoms with Crippen molar-refractivity contribution in [1.82, 2.24) is 19.7 Å². The Morgan fingerprint density at radius 1 is 1.26 bits per heavy atom. The van der Waals surface area contributed by atoms with Crippen LogP contribution in [0.3, 0.4) is 0 Å². The van der Waals surface area contributed by atoms with Crippen molar-refractivity contribution in [3.8, 4) is 5.75 Å². The summed E-state index contributed by atoms with van der Waals surface area (Å²) in [5, 5.41) is 14.3. The van der Waals surface area contributed by atoms with Gasteiger partial charge in [-0.15, -0.1) is 21.5 Å². The lowest BCUT2D eigenvalue weighted by atomic mass is 10.3. The fraction of sp³-hybridized carbons (Fsp3) is 0.316. The van der Waals surface area contributed by atoms with Gasteiger partial charge in [-0.3, -0.25) is 9.59 Å². The number of halogens is 1. The Bertz CT molecular complexity index is 1040. The van der Waals surface area contributed by atoms with E-state index in [0.29, 0.717) is 39.2 Å². The van der Waals surface area contributed by atoms with Gasteiger partial charge >= 0.3 is 5.97 Å². The first-order valence-electron chi connectivity index (χ1n) is 9.24. The molecule has 0 aliphatic rings. The molecule has 3 aromatic rings. The van der Waals surface area contributed by atoms with Crippen LogP contribution in [0.4, 0.5) is 5.13 Å². The van der Waals surface area contributed by atoms with E-state index in [1.165, 1.54) is 23.1 Å². The summed E-state index contributed by atoms with van der Waals surface area (Å²) < 4.78 is 12.3. The van der Waals surface area contributed by atoms with Gasteiger partial charge in [-0.05, 0) is 31.2 Å². The number of ether oxygens (including phenoxy) is 2. The Hall–Kier alpha value is -2.63. The van der Waals surface area contributed by atoms with Crippen molar-refractivity contribution in [2.24, 2.45) is 7.05 Å². The maximum absolute atomic E-state index is 12.2. The van der Waals surface area contributed by atoms with Gasteiger partial charge in [0.05, 0.1) is 24.5 Å². The monoisotopic (exact) mass is 481 g/mol. The van der Waals surface area contributed by atoms with Crippen LogP contribution in [-0.4, -0.2) is 44.0 Å². The van der Waals surface area contributed by atoms with Crippen molar-refractivity contribution in [1.29, 1.82) is 0 Å². The molecule has 0 saturated heterocycles. The number of hydrogen-bond donors (Lipinski definition) is 1. The average molecular weight is 482 g/mol. The van der Waals surface area contributed by atoms with Gasteiger partial charge in [-0.25, -0.2) is 4.98 Å². The third kappa shape index (κ3) is 6.94. The van der Waals surface area contributed by atoms with Gasteiger partial charge in [0.2, 0.25) is 5.91 Å². The second-order valence-electron chi connectivity index (χ2n) is 6.16. The van der Waals surface area contributed by atoms with E-state index in [1.54, 1.807) is 41.1 Å². The zero-order valence-corrected chi connectivity index (χ0v) is 19.2. The third-order valence-corrected chi connectivity index (χ3v) is 5.95. The predicted octanol–water partition coefficient (Wildman–Crippen LogP) is 3.34. The van der Waals surface area contributed by atoms with Crippen LogP contribution in [0.5, 0.6) is 5.75 Å². The summed E-state index contributed by atoms with van der Waals surface area (Å²) in [7, 11) is 1.81. The minimum atomic E-state index is -0.348. The molecule has 2 aromatic heterocycles. The molecule has 0 unspecified atom stereocenters. The first kappa shape index (κ1) is 23.0. The lowest BCUT2D eigenvalue weighted by Gasteiger charge is -2.06. The van der Waals surface area contributed by atoms with Crippen LogP contribution in [0.2, 0.25) is 5.02 Å². The van der Waals surface area contributed by atoms with E-state index in [9.17, 15) is 9.59 Å². The van der Waals surface area contributed by atoms with E-state index in [2.05, 4.69) is 20.5 Å². The van der Waals surface area contributed by atoms with Crippen molar-refractivity contribution in [3.05, 3.63) is 46.2 Å². The number of aromatic nitrogens is 4. The summed E-state index contributed by atoms with van der Waals surface area (Å²) in [5.74, 6) is 0.855. The standard InChI is InChI=1S/C19H20ClN5O4S2/c1-3-28-17(27)8-13-10-30-18(21-13)22-16(26)11-31-19-24-23-15(25(19)2)9-29-14-6-4-12(20)5-7-14/h4-7,10H,3,8-9,11H2,1-2H3,(H,21,22,26). The second-order valence-corrected chi connectivity index (χ2v) is 8.40. The van der Waals surface area contributed by atoms with Gasteiger partial charge in [0.25, 0.3) is 0 Å². The van der Waals surface area contributed by atoms with Crippen LogP contribution in [0.15, 0.2) is 34.8 Å². The van der Waals surface area contributed by atoms with Crippen LogP contribution < -0.4 is 10.1 Å². The fourth-order valence-corrected chi connectivity index (χ4v) is 3.95. The summed E-state index contributed by atoms with van der Waals surface area (Å²) in [4.78, 5) is 28.0. The van der Waals surface area contributed by atoms with E-state index in [4.69, 9.17) is 21.1 Å². The fourth-order valence-electron chi connectivity index (χ4n) is 2.37. The highest BCUT2D eigenvalue weighted by Gasteiger charge is 2.14. The molecule has 12 heteroatoms. The highest BCUT2D eigenvalue weighted by molar-refractivity contribution is 7.99. The molecule has 0 aliphatic carbocycles. The van der Waals surface area contributed by atoms with Crippen LogP contribution >= 0.6 is 34.7 Å². The van der Waals surface area contributed by atoms with Crippen molar-refractivity contribution in [2.45, 2.75) is 25.1 Å². The first-order chi connectivity index (χ1) is 14.9. The molecule has 164 valence electrons. The number of nitrogens with one attached hydrogen (secondary N) is 1. The first-order valence-corrected chi connectivity index (χ1v) is 11.5. The van der Waals surface area contributed by atoms with Gasteiger partial charge in [0.15, 0.2) is 16.1 Å². The molecule has 1 amide bonds. The Labute approximate surface area is 192 Å². The molecule has 9 nitrogen and oxygen atoms in total. The number of carbonyl (C=O) groups excluding carboxylic acids is 2. The molecule has 0 bridgehead atoms. The number of benzene rings is 1. The van der Waals surface area contributed by atoms with Crippen LogP contribution in [0, 0.1) is 0 Å². The van der Waals surface area contributed by atoms with E-state index in [0.717, 1.165) is 0 Å². The van der Waals surface area contributed by atoms with E-state index in [1.807, 2.05) is 7.05 Å². The summed E-state index contributed by atoms with van der Waals surface area (Å²) in [6, 6.07) is 7.04.